The van der Waals surface area contributed by atoms with E-state index < -0.39 is 5.97 Å². The number of carboxylic acid groups (broad SMARTS) is 1. The second kappa shape index (κ2) is 5.52. The fourth-order valence-corrected chi connectivity index (χ4v) is 1.77. The molecule has 4 heteroatoms. The quantitative estimate of drug-likeness (QED) is 0.884. The van der Waals surface area contributed by atoms with Crippen molar-refractivity contribution >= 4 is 11.7 Å². The molecule has 0 aromatic heterocycles. The fourth-order valence-electron chi connectivity index (χ4n) is 1.77. The maximum Gasteiger partial charge on any atom is 0.335 e. The molecule has 2 aromatic carbocycles. The van der Waals surface area contributed by atoms with Crippen LogP contribution in [0.25, 0.3) is 0 Å². The van der Waals surface area contributed by atoms with E-state index in [1.165, 1.54) is 6.07 Å². The molecule has 0 fully saturated rings. The molecular weight excluding hydrogens is 245 g/mol. The third-order valence-electron chi connectivity index (χ3n) is 2.83. The van der Waals surface area contributed by atoms with E-state index in [1.807, 2.05) is 6.07 Å². The lowest BCUT2D eigenvalue weighted by Gasteiger charge is -2.08. The highest BCUT2D eigenvalue weighted by molar-refractivity contribution is 5.87. The zero-order chi connectivity index (χ0) is 13.8. The van der Waals surface area contributed by atoms with Crippen LogP contribution in [-0.2, 0) is 6.54 Å². The Kier molecular flexibility index (Phi) is 3.80. The van der Waals surface area contributed by atoms with Gasteiger partial charge >= 0.3 is 5.97 Å². The number of aryl methyl sites for hydroxylation is 1. The van der Waals surface area contributed by atoms with Gasteiger partial charge in [-0.15, -0.1) is 0 Å². The predicted molar refractivity (Wildman–Crippen MR) is 71.9 cm³/mol. The number of carboxylic acids is 1. The van der Waals surface area contributed by atoms with Crippen molar-refractivity contribution in [2.45, 2.75) is 13.5 Å². The molecule has 0 saturated heterocycles. The summed E-state index contributed by atoms with van der Waals surface area (Å²) in [6, 6.07) is 11.5. The maximum atomic E-state index is 13.1. The smallest absolute Gasteiger partial charge is 0.335 e. The van der Waals surface area contributed by atoms with Gasteiger partial charge in [0.15, 0.2) is 0 Å². The van der Waals surface area contributed by atoms with E-state index >= 15 is 0 Å². The Balaban J connectivity index is 2.07. The van der Waals surface area contributed by atoms with Crippen molar-refractivity contribution in [3.8, 4) is 0 Å². The Morgan fingerprint density at radius 2 is 2.05 bits per heavy atom. The molecule has 0 atom stereocenters. The first-order chi connectivity index (χ1) is 9.06. The molecule has 2 N–H and O–H groups in total. The summed E-state index contributed by atoms with van der Waals surface area (Å²) in [6.45, 7) is 2.19. The second-order valence-electron chi connectivity index (χ2n) is 4.32. The van der Waals surface area contributed by atoms with Crippen molar-refractivity contribution in [3.05, 3.63) is 65.0 Å². The summed E-state index contributed by atoms with van der Waals surface area (Å²) in [4.78, 5) is 10.8. The maximum absolute atomic E-state index is 13.1. The largest absolute Gasteiger partial charge is 0.478 e. The van der Waals surface area contributed by atoms with Gasteiger partial charge in [-0.3, -0.25) is 0 Å². The number of anilines is 1. The molecule has 3 nitrogen and oxygen atoms in total. The first-order valence-electron chi connectivity index (χ1n) is 5.88. The highest BCUT2D eigenvalue weighted by Crippen LogP contribution is 2.15. The number of nitrogens with one attached hydrogen (secondary N) is 1. The van der Waals surface area contributed by atoms with E-state index in [0.717, 1.165) is 11.3 Å². The van der Waals surface area contributed by atoms with Crippen LogP contribution in [-0.4, -0.2) is 11.1 Å². The number of halogens is 1. The molecule has 0 unspecified atom stereocenters. The summed E-state index contributed by atoms with van der Waals surface area (Å²) in [5.41, 5.74) is 2.50. The molecule has 2 rings (SSSR count). The van der Waals surface area contributed by atoms with E-state index in [9.17, 15) is 9.18 Å². The molecule has 0 aliphatic carbocycles. The van der Waals surface area contributed by atoms with Crippen LogP contribution in [0.2, 0.25) is 0 Å². The Labute approximate surface area is 110 Å². The van der Waals surface area contributed by atoms with Crippen molar-refractivity contribution in [3.63, 3.8) is 0 Å². The predicted octanol–water partition coefficient (Wildman–Crippen LogP) is 3.44. The van der Waals surface area contributed by atoms with Gasteiger partial charge < -0.3 is 10.4 Å². The molecule has 0 radical (unpaired) electrons. The Bertz CT molecular complexity index is 611. The normalized spacial score (nSPS) is 10.2. The zero-order valence-corrected chi connectivity index (χ0v) is 10.5. The number of benzene rings is 2. The Morgan fingerprint density at radius 3 is 2.74 bits per heavy atom. The van der Waals surface area contributed by atoms with Crippen molar-refractivity contribution in [1.82, 2.24) is 0 Å². The molecular formula is C15H14FNO2. The van der Waals surface area contributed by atoms with Crippen LogP contribution in [0, 0.1) is 12.7 Å². The molecule has 98 valence electrons. The van der Waals surface area contributed by atoms with Gasteiger partial charge in [-0.05, 0) is 48.4 Å². The fraction of sp³-hybridized carbons (Fsp3) is 0.133. The summed E-state index contributed by atoms with van der Waals surface area (Å²) < 4.78 is 13.1. The van der Waals surface area contributed by atoms with Gasteiger partial charge in [0.25, 0.3) is 0 Å². The average molecular weight is 259 g/mol. The monoisotopic (exact) mass is 259 g/mol. The highest BCUT2D eigenvalue weighted by Gasteiger charge is 2.03. The van der Waals surface area contributed by atoms with Gasteiger partial charge in [-0.1, -0.05) is 12.1 Å². The number of carbonyl (C=O) groups is 1. The lowest BCUT2D eigenvalue weighted by atomic mass is 10.1. The summed E-state index contributed by atoms with van der Waals surface area (Å²) in [6.07, 6.45) is 0. The molecule has 0 saturated carbocycles. The SMILES string of the molecule is Cc1cc(NCc2cccc(C(=O)O)c2)ccc1F. The van der Waals surface area contributed by atoms with E-state index in [4.69, 9.17) is 5.11 Å². The molecule has 0 aliphatic rings. The number of aromatic carboxylic acids is 1. The van der Waals surface area contributed by atoms with E-state index in [1.54, 1.807) is 37.3 Å². The average Bonchev–Trinajstić information content (AvgIpc) is 2.40. The van der Waals surface area contributed by atoms with Gasteiger partial charge in [-0.25, -0.2) is 9.18 Å². The molecule has 0 aliphatic heterocycles. The molecule has 0 spiro atoms. The molecule has 19 heavy (non-hydrogen) atoms. The van der Waals surface area contributed by atoms with Crippen LogP contribution in [0.5, 0.6) is 0 Å². The molecule has 2 aromatic rings. The third kappa shape index (κ3) is 3.31. The standard InChI is InChI=1S/C15H14FNO2/c1-10-7-13(5-6-14(10)16)17-9-11-3-2-4-12(8-11)15(18)19/h2-8,17H,9H2,1H3,(H,18,19). The second-order valence-corrected chi connectivity index (χ2v) is 4.32. The van der Waals surface area contributed by atoms with Crippen LogP contribution in [0.1, 0.15) is 21.5 Å². The Hall–Kier alpha value is -2.36. The van der Waals surface area contributed by atoms with E-state index in [0.29, 0.717) is 12.1 Å². The van der Waals surface area contributed by atoms with Crippen molar-refractivity contribution in [2.24, 2.45) is 0 Å². The molecule has 0 heterocycles. The number of hydrogen-bond donors (Lipinski definition) is 2. The summed E-state index contributed by atoms with van der Waals surface area (Å²) in [5.74, 6) is -1.18. The Morgan fingerprint density at radius 1 is 1.26 bits per heavy atom. The van der Waals surface area contributed by atoms with Crippen LogP contribution in [0.4, 0.5) is 10.1 Å². The van der Waals surface area contributed by atoms with Crippen molar-refractivity contribution < 1.29 is 14.3 Å². The van der Waals surface area contributed by atoms with Crippen LogP contribution >= 0.6 is 0 Å². The first kappa shape index (κ1) is 13.1. The molecule has 0 bridgehead atoms. The summed E-state index contributed by atoms with van der Waals surface area (Å²) >= 11 is 0. The lowest BCUT2D eigenvalue weighted by Crippen LogP contribution is -2.02. The third-order valence-corrected chi connectivity index (χ3v) is 2.83. The minimum atomic E-state index is -0.945. The van der Waals surface area contributed by atoms with Crippen LogP contribution in [0.15, 0.2) is 42.5 Å². The van der Waals surface area contributed by atoms with Crippen LogP contribution in [0.3, 0.4) is 0 Å². The van der Waals surface area contributed by atoms with Gasteiger partial charge in [-0.2, -0.15) is 0 Å². The van der Waals surface area contributed by atoms with Gasteiger partial charge in [0.1, 0.15) is 5.82 Å². The molecule has 0 amide bonds. The minimum Gasteiger partial charge on any atom is -0.478 e. The topological polar surface area (TPSA) is 49.3 Å². The van der Waals surface area contributed by atoms with Crippen molar-refractivity contribution in [2.75, 3.05) is 5.32 Å². The summed E-state index contributed by atoms with van der Waals surface area (Å²) in [5, 5.41) is 12.0. The zero-order valence-electron chi connectivity index (χ0n) is 10.5. The van der Waals surface area contributed by atoms with E-state index in [-0.39, 0.29) is 11.4 Å². The van der Waals surface area contributed by atoms with Crippen molar-refractivity contribution in [1.29, 1.82) is 0 Å². The van der Waals surface area contributed by atoms with E-state index in [2.05, 4.69) is 5.32 Å². The number of hydrogen-bond acceptors (Lipinski definition) is 2. The summed E-state index contributed by atoms with van der Waals surface area (Å²) in [7, 11) is 0. The number of rotatable bonds is 4. The van der Waals surface area contributed by atoms with Gasteiger partial charge in [0.2, 0.25) is 0 Å². The first-order valence-corrected chi connectivity index (χ1v) is 5.88. The van der Waals surface area contributed by atoms with Gasteiger partial charge in [0.05, 0.1) is 5.56 Å². The minimum absolute atomic E-state index is 0.238. The van der Waals surface area contributed by atoms with Gasteiger partial charge in [0, 0.05) is 12.2 Å². The lowest BCUT2D eigenvalue weighted by molar-refractivity contribution is 0.0697. The van der Waals surface area contributed by atoms with Crippen LogP contribution < -0.4 is 5.32 Å². The highest BCUT2D eigenvalue weighted by atomic mass is 19.1.